The van der Waals surface area contributed by atoms with Gasteiger partial charge in [-0.3, -0.25) is 9.36 Å². The minimum atomic E-state index is -4.62. The highest BCUT2D eigenvalue weighted by atomic mass is 35.5. The summed E-state index contributed by atoms with van der Waals surface area (Å²) < 4.78 is 43.1. The smallest absolute Gasteiger partial charge is 0.293 e. The fourth-order valence-corrected chi connectivity index (χ4v) is 3.36. The van der Waals surface area contributed by atoms with Gasteiger partial charge in [0.2, 0.25) is 0 Å². The number of aromatic nitrogens is 3. The van der Waals surface area contributed by atoms with Gasteiger partial charge in [-0.05, 0) is 49.1 Å². The van der Waals surface area contributed by atoms with E-state index in [1.54, 1.807) is 6.92 Å². The molecule has 8 heteroatoms. The van der Waals surface area contributed by atoms with Crippen LogP contribution in [0.15, 0.2) is 29.1 Å². The Balaban J connectivity index is 2.38. The van der Waals surface area contributed by atoms with Gasteiger partial charge in [-0.2, -0.15) is 13.2 Å². The zero-order chi connectivity index (χ0) is 20.1. The Kier molecular flexibility index (Phi) is 4.84. The Morgan fingerprint density at radius 3 is 2.52 bits per heavy atom. The second-order valence-electron chi connectivity index (χ2n) is 6.69. The molecular weight excluding hydrogens is 379 g/mol. The van der Waals surface area contributed by atoms with Gasteiger partial charge in [0, 0.05) is 23.3 Å². The Bertz CT molecular complexity index is 1080. The zero-order valence-electron chi connectivity index (χ0n) is 15.4. The lowest BCUT2D eigenvalue weighted by Crippen LogP contribution is -2.25. The van der Waals surface area contributed by atoms with Crippen LogP contribution in [0.4, 0.5) is 13.2 Å². The number of hydrogen-bond donors (Lipinski definition) is 0. The van der Waals surface area contributed by atoms with E-state index in [1.165, 1.54) is 28.3 Å². The fourth-order valence-electron chi connectivity index (χ4n) is 3.19. The second-order valence-corrected chi connectivity index (χ2v) is 7.12. The van der Waals surface area contributed by atoms with E-state index >= 15 is 0 Å². The summed E-state index contributed by atoms with van der Waals surface area (Å²) in [6, 6.07) is 5.32. The third-order valence-electron chi connectivity index (χ3n) is 4.87. The standard InChI is InChI=1S/C19H19ClF3N3O/c1-5-10(2)14-8-11(3)26-16(14)18(27)25(4)17(24-26)13-7-6-12(20)9-15(13)19(21,22)23/h6-10H,5H2,1-4H3. The maximum atomic E-state index is 13.5. The molecule has 0 radical (unpaired) electrons. The van der Waals surface area contributed by atoms with Gasteiger partial charge in [0.1, 0.15) is 5.52 Å². The van der Waals surface area contributed by atoms with Gasteiger partial charge in [0.25, 0.3) is 5.56 Å². The molecule has 0 saturated carbocycles. The van der Waals surface area contributed by atoms with Crippen molar-refractivity contribution < 1.29 is 13.2 Å². The van der Waals surface area contributed by atoms with Crippen molar-refractivity contribution in [2.24, 2.45) is 7.05 Å². The van der Waals surface area contributed by atoms with Crippen molar-refractivity contribution in [1.82, 2.24) is 14.2 Å². The molecule has 0 aliphatic carbocycles. The molecule has 0 N–H and O–H groups in total. The van der Waals surface area contributed by atoms with Crippen molar-refractivity contribution in [2.75, 3.05) is 0 Å². The molecule has 0 aliphatic heterocycles. The highest BCUT2D eigenvalue weighted by Crippen LogP contribution is 2.38. The Morgan fingerprint density at radius 2 is 1.93 bits per heavy atom. The van der Waals surface area contributed by atoms with Crippen LogP contribution in [0, 0.1) is 6.92 Å². The van der Waals surface area contributed by atoms with Crippen molar-refractivity contribution in [3.05, 3.63) is 56.5 Å². The summed E-state index contributed by atoms with van der Waals surface area (Å²) in [5.41, 5.74) is 0.445. The normalized spacial score (nSPS) is 13.3. The fraction of sp³-hybridized carbons (Fsp3) is 0.368. The number of halogens is 4. The van der Waals surface area contributed by atoms with Gasteiger partial charge >= 0.3 is 6.18 Å². The largest absolute Gasteiger partial charge is 0.417 e. The lowest BCUT2D eigenvalue weighted by molar-refractivity contribution is -0.137. The highest BCUT2D eigenvalue weighted by molar-refractivity contribution is 6.30. The number of alkyl halides is 3. The first-order valence-corrected chi connectivity index (χ1v) is 8.90. The molecule has 1 aromatic carbocycles. The summed E-state index contributed by atoms with van der Waals surface area (Å²) in [6.45, 7) is 5.80. The van der Waals surface area contributed by atoms with Gasteiger partial charge in [-0.25, -0.2) is 4.52 Å². The Labute approximate surface area is 159 Å². The molecule has 3 rings (SSSR count). The third kappa shape index (κ3) is 3.25. The zero-order valence-corrected chi connectivity index (χ0v) is 16.1. The number of aryl methyl sites for hydroxylation is 1. The van der Waals surface area contributed by atoms with E-state index in [-0.39, 0.29) is 27.9 Å². The van der Waals surface area contributed by atoms with Gasteiger partial charge < -0.3 is 0 Å². The van der Waals surface area contributed by atoms with Gasteiger partial charge in [0.15, 0.2) is 5.82 Å². The van der Waals surface area contributed by atoms with Crippen LogP contribution in [0.25, 0.3) is 16.9 Å². The minimum Gasteiger partial charge on any atom is -0.293 e. The summed E-state index contributed by atoms with van der Waals surface area (Å²) in [6.07, 6.45) is -3.79. The van der Waals surface area contributed by atoms with Gasteiger partial charge in [0.05, 0.1) is 5.56 Å². The second kappa shape index (κ2) is 6.71. The monoisotopic (exact) mass is 397 g/mol. The Hall–Kier alpha value is -2.28. The molecule has 0 fully saturated rings. The molecule has 144 valence electrons. The summed E-state index contributed by atoms with van der Waals surface area (Å²) in [5.74, 6) is 0.0706. The lowest BCUT2D eigenvalue weighted by Gasteiger charge is -2.16. The molecule has 0 spiro atoms. The summed E-state index contributed by atoms with van der Waals surface area (Å²) >= 11 is 5.76. The molecule has 4 nitrogen and oxygen atoms in total. The van der Waals surface area contributed by atoms with Gasteiger partial charge in [-0.15, -0.1) is 5.10 Å². The third-order valence-corrected chi connectivity index (χ3v) is 5.11. The van der Waals surface area contributed by atoms with Crippen molar-refractivity contribution in [1.29, 1.82) is 0 Å². The van der Waals surface area contributed by atoms with Crippen molar-refractivity contribution in [3.63, 3.8) is 0 Å². The molecule has 1 atom stereocenters. The van der Waals surface area contributed by atoms with Crippen LogP contribution >= 0.6 is 11.6 Å². The number of nitrogens with zero attached hydrogens (tertiary/aromatic N) is 3. The predicted octanol–water partition coefficient (Wildman–Crippen LogP) is 5.19. The molecule has 0 aliphatic rings. The van der Waals surface area contributed by atoms with Crippen molar-refractivity contribution in [2.45, 2.75) is 39.3 Å². The maximum Gasteiger partial charge on any atom is 0.417 e. The molecule has 2 heterocycles. The molecule has 0 saturated heterocycles. The van der Waals surface area contributed by atoms with E-state index in [2.05, 4.69) is 5.10 Å². The van der Waals surface area contributed by atoms with Crippen LogP contribution in [-0.2, 0) is 13.2 Å². The summed E-state index contributed by atoms with van der Waals surface area (Å²) in [5, 5.41) is 4.35. The van der Waals surface area contributed by atoms with Crippen LogP contribution in [-0.4, -0.2) is 14.2 Å². The van der Waals surface area contributed by atoms with E-state index in [4.69, 9.17) is 11.6 Å². The molecule has 0 amide bonds. The van der Waals surface area contributed by atoms with Crippen molar-refractivity contribution in [3.8, 4) is 11.4 Å². The topological polar surface area (TPSA) is 39.3 Å². The molecule has 27 heavy (non-hydrogen) atoms. The first-order valence-electron chi connectivity index (χ1n) is 8.52. The van der Waals surface area contributed by atoms with Crippen LogP contribution in [0.3, 0.4) is 0 Å². The highest BCUT2D eigenvalue weighted by Gasteiger charge is 2.35. The van der Waals surface area contributed by atoms with Crippen molar-refractivity contribution >= 4 is 17.1 Å². The number of fused-ring (bicyclic) bond motifs is 1. The van der Waals surface area contributed by atoms with Crippen LogP contribution < -0.4 is 5.56 Å². The molecular formula is C19H19ClF3N3O. The van der Waals surface area contributed by atoms with Crippen LogP contribution in [0.2, 0.25) is 5.02 Å². The lowest BCUT2D eigenvalue weighted by atomic mass is 10.00. The van der Waals surface area contributed by atoms with E-state index in [9.17, 15) is 18.0 Å². The molecule has 2 aromatic heterocycles. The van der Waals surface area contributed by atoms with E-state index in [0.29, 0.717) is 11.2 Å². The summed E-state index contributed by atoms with van der Waals surface area (Å²) in [7, 11) is 1.43. The average Bonchev–Trinajstić information content (AvgIpc) is 2.93. The average molecular weight is 398 g/mol. The maximum absolute atomic E-state index is 13.5. The van der Waals surface area contributed by atoms with E-state index < -0.39 is 11.7 Å². The van der Waals surface area contributed by atoms with Crippen LogP contribution in [0.1, 0.15) is 43.0 Å². The van der Waals surface area contributed by atoms with E-state index in [0.717, 1.165) is 18.1 Å². The number of benzene rings is 1. The first-order chi connectivity index (χ1) is 12.6. The Morgan fingerprint density at radius 1 is 1.26 bits per heavy atom. The number of hydrogen-bond acceptors (Lipinski definition) is 2. The first kappa shape index (κ1) is 19.5. The van der Waals surface area contributed by atoms with E-state index in [1.807, 2.05) is 19.9 Å². The SMILES string of the molecule is CCC(C)c1cc(C)n2nc(-c3ccc(Cl)cc3C(F)(F)F)n(C)c(=O)c12. The molecule has 3 aromatic rings. The number of rotatable bonds is 3. The predicted molar refractivity (Wildman–Crippen MR) is 99.3 cm³/mol. The minimum absolute atomic E-state index is 0.0339. The van der Waals surface area contributed by atoms with Gasteiger partial charge in [-0.1, -0.05) is 25.4 Å². The molecule has 1 unspecified atom stereocenters. The quantitative estimate of drug-likeness (QED) is 0.609. The molecule has 0 bridgehead atoms. The summed E-state index contributed by atoms with van der Waals surface area (Å²) in [4.78, 5) is 13.0. The van der Waals surface area contributed by atoms with Crippen LogP contribution in [0.5, 0.6) is 0 Å².